The number of hydrogen-bond acceptors (Lipinski definition) is 3. The number of hydrogen-bond donors (Lipinski definition) is 1. The standard InChI is InChI=1S/C25H21FO4/c26-19-13-11-16(12-14-19)15-30-25(29)23-20(17-7-3-1-4-8-17)22(24(27)28)21(23)18-9-5-2-6-10-18/h1-14,20-23H,15H2,(H,27,28)/t20-,21-,22?,23?/m0/s1. The lowest BCUT2D eigenvalue weighted by Gasteiger charge is -2.49. The zero-order chi connectivity index (χ0) is 21.1. The molecular formula is C25H21FO4. The first-order valence-electron chi connectivity index (χ1n) is 9.80. The fourth-order valence-corrected chi connectivity index (χ4v) is 4.36. The molecule has 0 spiro atoms. The first-order chi connectivity index (χ1) is 14.6. The number of aliphatic carboxylic acids is 1. The van der Waals surface area contributed by atoms with E-state index in [1.165, 1.54) is 12.1 Å². The zero-order valence-electron chi connectivity index (χ0n) is 16.1. The number of carboxylic acid groups (broad SMARTS) is 1. The molecule has 3 aromatic rings. The molecule has 0 bridgehead atoms. The highest BCUT2D eigenvalue weighted by Crippen LogP contribution is 2.58. The molecule has 0 aromatic heterocycles. The second-order valence-corrected chi connectivity index (χ2v) is 7.50. The van der Waals surface area contributed by atoms with Crippen LogP contribution in [0.5, 0.6) is 0 Å². The minimum atomic E-state index is -0.930. The van der Waals surface area contributed by atoms with E-state index in [4.69, 9.17) is 4.74 Å². The second-order valence-electron chi connectivity index (χ2n) is 7.50. The quantitative estimate of drug-likeness (QED) is 0.602. The summed E-state index contributed by atoms with van der Waals surface area (Å²) in [5.41, 5.74) is 2.29. The van der Waals surface area contributed by atoms with Gasteiger partial charge in [0.1, 0.15) is 12.4 Å². The van der Waals surface area contributed by atoms with Crippen LogP contribution in [0.3, 0.4) is 0 Å². The number of ether oxygens (including phenoxy) is 1. The Balaban J connectivity index is 1.63. The van der Waals surface area contributed by atoms with Crippen molar-refractivity contribution < 1.29 is 23.8 Å². The van der Waals surface area contributed by atoms with Crippen LogP contribution < -0.4 is 0 Å². The summed E-state index contributed by atoms with van der Waals surface area (Å²) in [5, 5.41) is 9.94. The maximum atomic E-state index is 13.1. The molecule has 1 N–H and O–H groups in total. The van der Waals surface area contributed by atoms with Crippen molar-refractivity contribution in [3.05, 3.63) is 107 Å². The minimum absolute atomic E-state index is 0.0103. The number of halogens is 1. The molecule has 0 amide bonds. The lowest BCUT2D eigenvalue weighted by Crippen LogP contribution is -2.51. The molecule has 152 valence electrons. The molecule has 30 heavy (non-hydrogen) atoms. The summed E-state index contributed by atoms with van der Waals surface area (Å²) in [5.74, 6) is -4.03. The van der Waals surface area contributed by atoms with E-state index in [1.807, 2.05) is 60.7 Å². The third-order valence-electron chi connectivity index (χ3n) is 5.77. The summed E-state index contributed by atoms with van der Waals surface area (Å²) in [4.78, 5) is 25.3. The van der Waals surface area contributed by atoms with Gasteiger partial charge < -0.3 is 9.84 Å². The third-order valence-corrected chi connectivity index (χ3v) is 5.77. The predicted octanol–water partition coefficient (Wildman–Crippen LogP) is 4.77. The first kappa shape index (κ1) is 19.8. The molecular weight excluding hydrogens is 383 g/mol. The topological polar surface area (TPSA) is 63.6 Å². The number of carbonyl (C=O) groups is 2. The number of rotatable bonds is 6. The molecule has 3 aromatic carbocycles. The molecule has 0 saturated heterocycles. The van der Waals surface area contributed by atoms with E-state index >= 15 is 0 Å². The summed E-state index contributed by atoms with van der Waals surface area (Å²) < 4.78 is 18.7. The number of carboxylic acids is 1. The smallest absolute Gasteiger partial charge is 0.310 e. The van der Waals surface area contributed by atoms with Gasteiger partial charge >= 0.3 is 11.9 Å². The zero-order valence-corrected chi connectivity index (χ0v) is 16.1. The molecule has 1 saturated carbocycles. The van der Waals surface area contributed by atoms with Gasteiger partial charge in [0.25, 0.3) is 0 Å². The summed E-state index contributed by atoms with van der Waals surface area (Å²) in [6.45, 7) is 0.0103. The van der Waals surface area contributed by atoms with Crippen LogP contribution >= 0.6 is 0 Å². The van der Waals surface area contributed by atoms with Crippen molar-refractivity contribution in [2.45, 2.75) is 18.4 Å². The molecule has 4 rings (SSSR count). The Kier molecular flexibility index (Phi) is 5.61. The highest BCUT2D eigenvalue weighted by atomic mass is 19.1. The van der Waals surface area contributed by atoms with E-state index in [1.54, 1.807) is 12.1 Å². The minimum Gasteiger partial charge on any atom is -0.481 e. The Morgan fingerprint density at radius 3 is 1.73 bits per heavy atom. The molecule has 4 nitrogen and oxygen atoms in total. The van der Waals surface area contributed by atoms with Gasteiger partial charge in [-0.1, -0.05) is 72.8 Å². The average Bonchev–Trinajstić information content (AvgIpc) is 2.74. The Morgan fingerprint density at radius 1 is 0.767 bits per heavy atom. The van der Waals surface area contributed by atoms with Gasteiger partial charge in [0, 0.05) is 11.8 Å². The Labute approximate surface area is 173 Å². The molecule has 0 heterocycles. The fraction of sp³-hybridized carbons (Fsp3) is 0.200. The van der Waals surface area contributed by atoms with Crippen molar-refractivity contribution in [3.63, 3.8) is 0 Å². The van der Waals surface area contributed by atoms with Crippen molar-refractivity contribution in [1.29, 1.82) is 0 Å². The van der Waals surface area contributed by atoms with Crippen LogP contribution in [0, 0.1) is 17.7 Å². The summed E-state index contributed by atoms with van der Waals surface area (Å²) in [7, 11) is 0. The van der Waals surface area contributed by atoms with Crippen molar-refractivity contribution in [3.8, 4) is 0 Å². The Morgan fingerprint density at radius 2 is 1.27 bits per heavy atom. The highest BCUT2D eigenvalue weighted by Gasteiger charge is 2.59. The predicted molar refractivity (Wildman–Crippen MR) is 109 cm³/mol. The Hall–Kier alpha value is -3.47. The van der Waals surface area contributed by atoms with E-state index < -0.39 is 35.6 Å². The first-order valence-corrected chi connectivity index (χ1v) is 9.80. The van der Waals surface area contributed by atoms with Gasteiger partial charge in [0.05, 0.1) is 11.8 Å². The molecule has 1 aliphatic rings. The lowest BCUT2D eigenvalue weighted by molar-refractivity contribution is -0.165. The maximum absolute atomic E-state index is 13.1. The molecule has 1 fully saturated rings. The fourth-order valence-electron chi connectivity index (χ4n) is 4.36. The van der Waals surface area contributed by atoms with Crippen LogP contribution in [-0.2, 0) is 20.9 Å². The van der Waals surface area contributed by atoms with Crippen molar-refractivity contribution >= 4 is 11.9 Å². The van der Waals surface area contributed by atoms with Crippen molar-refractivity contribution in [2.75, 3.05) is 0 Å². The monoisotopic (exact) mass is 404 g/mol. The molecule has 0 aliphatic heterocycles. The number of benzene rings is 3. The molecule has 2 atom stereocenters. The summed E-state index contributed by atoms with van der Waals surface area (Å²) in [6.07, 6.45) is 0. The largest absolute Gasteiger partial charge is 0.481 e. The van der Waals surface area contributed by atoms with Crippen molar-refractivity contribution in [2.24, 2.45) is 11.8 Å². The van der Waals surface area contributed by atoms with Crippen LogP contribution in [0.1, 0.15) is 28.5 Å². The lowest BCUT2D eigenvalue weighted by atomic mass is 9.52. The van der Waals surface area contributed by atoms with Crippen LogP contribution in [0.25, 0.3) is 0 Å². The number of esters is 1. The van der Waals surface area contributed by atoms with Crippen molar-refractivity contribution in [1.82, 2.24) is 0 Å². The molecule has 0 unspecified atom stereocenters. The van der Waals surface area contributed by atoms with E-state index in [2.05, 4.69) is 0 Å². The van der Waals surface area contributed by atoms with Crippen LogP contribution in [-0.4, -0.2) is 17.0 Å². The highest BCUT2D eigenvalue weighted by molar-refractivity contribution is 5.84. The van der Waals surface area contributed by atoms with Gasteiger partial charge in [0.2, 0.25) is 0 Å². The Bertz CT molecular complexity index is 971. The number of carbonyl (C=O) groups excluding carboxylic acids is 1. The SMILES string of the molecule is O=C(O)C1[C@H](c2ccccc2)C(C(=O)OCc2ccc(F)cc2)[C@H]1c1ccccc1. The average molecular weight is 404 g/mol. The van der Waals surface area contributed by atoms with E-state index in [-0.39, 0.29) is 12.4 Å². The van der Waals surface area contributed by atoms with Gasteiger partial charge in [0.15, 0.2) is 0 Å². The molecule has 0 radical (unpaired) electrons. The van der Waals surface area contributed by atoms with E-state index in [9.17, 15) is 19.1 Å². The second kappa shape index (κ2) is 8.49. The van der Waals surface area contributed by atoms with Gasteiger partial charge in [-0.15, -0.1) is 0 Å². The van der Waals surface area contributed by atoms with Gasteiger partial charge in [-0.25, -0.2) is 4.39 Å². The maximum Gasteiger partial charge on any atom is 0.310 e. The van der Waals surface area contributed by atoms with Crippen LogP contribution in [0.4, 0.5) is 4.39 Å². The van der Waals surface area contributed by atoms with Gasteiger partial charge in [-0.3, -0.25) is 9.59 Å². The van der Waals surface area contributed by atoms with E-state index in [0.29, 0.717) is 5.56 Å². The normalized spacial score (nSPS) is 22.7. The van der Waals surface area contributed by atoms with Crippen LogP contribution in [0.15, 0.2) is 84.9 Å². The van der Waals surface area contributed by atoms with Crippen LogP contribution in [0.2, 0.25) is 0 Å². The van der Waals surface area contributed by atoms with Gasteiger partial charge in [-0.2, -0.15) is 0 Å². The summed E-state index contributed by atoms with van der Waals surface area (Å²) in [6, 6.07) is 24.2. The van der Waals surface area contributed by atoms with E-state index in [0.717, 1.165) is 11.1 Å². The summed E-state index contributed by atoms with van der Waals surface area (Å²) >= 11 is 0. The molecule has 5 heteroatoms. The molecule has 1 aliphatic carbocycles. The van der Waals surface area contributed by atoms with Gasteiger partial charge in [-0.05, 0) is 28.8 Å². The third kappa shape index (κ3) is 3.83.